The summed E-state index contributed by atoms with van der Waals surface area (Å²) in [5, 5.41) is 0. The van der Waals surface area contributed by atoms with Crippen molar-refractivity contribution in [2.24, 2.45) is 0 Å². The molecule has 0 aliphatic heterocycles. The summed E-state index contributed by atoms with van der Waals surface area (Å²) in [6, 6.07) is 0. The molecule has 1 rings (SSSR count). The van der Waals surface area contributed by atoms with Crippen molar-refractivity contribution >= 4 is 5.95 Å². The van der Waals surface area contributed by atoms with Gasteiger partial charge in [-0.05, 0) is 6.42 Å². The first kappa shape index (κ1) is 6.92. The molecule has 1 aromatic rings. The number of hydrogen-bond donors (Lipinski definition) is 1. The molecular weight excluding hydrogens is 128 g/mol. The van der Waals surface area contributed by atoms with Crippen LogP contribution in [-0.2, 0) is 6.42 Å². The lowest BCUT2D eigenvalue weighted by Gasteiger charge is -1.94. The van der Waals surface area contributed by atoms with Crippen LogP contribution in [0.1, 0.15) is 19.2 Å². The molecule has 4 nitrogen and oxygen atoms in total. The SMILES string of the molecule is CCCc1ncnc(N)n1. The number of nitrogen functional groups attached to an aromatic ring is 1. The largest absolute Gasteiger partial charge is 0.368 e. The predicted molar refractivity (Wildman–Crippen MR) is 38.2 cm³/mol. The summed E-state index contributed by atoms with van der Waals surface area (Å²) in [5.74, 6) is 1.08. The van der Waals surface area contributed by atoms with Gasteiger partial charge in [0.25, 0.3) is 0 Å². The lowest BCUT2D eigenvalue weighted by molar-refractivity contribution is 0.821. The number of aryl methyl sites for hydroxylation is 1. The first-order valence-corrected chi connectivity index (χ1v) is 3.26. The third-order valence-electron chi connectivity index (χ3n) is 1.11. The van der Waals surface area contributed by atoms with Crippen LogP contribution >= 0.6 is 0 Å². The number of aromatic nitrogens is 3. The topological polar surface area (TPSA) is 64.7 Å². The maximum atomic E-state index is 5.33. The summed E-state index contributed by atoms with van der Waals surface area (Å²) < 4.78 is 0. The lowest BCUT2D eigenvalue weighted by Crippen LogP contribution is -2.00. The van der Waals surface area contributed by atoms with Crippen LogP contribution in [0.3, 0.4) is 0 Å². The van der Waals surface area contributed by atoms with E-state index in [2.05, 4.69) is 21.9 Å². The summed E-state index contributed by atoms with van der Waals surface area (Å²) in [4.78, 5) is 11.5. The zero-order chi connectivity index (χ0) is 7.40. The number of nitrogens with zero attached hydrogens (tertiary/aromatic N) is 3. The second kappa shape index (κ2) is 3.10. The molecule has 0 atom stereocenters. The summed E-state index contributed by atoms with van der Waals surface area (Å²) in [5.41, 5.74) is 5.33. The van der Waals surface area contributed by atoms with Crippen molar-refractivity contribution in [3.8, 4) is 0 Å². The van der Waals surface area contributed by atoms with Crippen LogP contribution in [0.15, 0.2) is 6.33 Å². The standard InChI is InChI=1S/C6H10N4/c1-2-3-5-8-4-9-6(7)10-5/h4H,2-3H2,1H3,(H2,7,8,9,10). The highest BCUT2D eigenvalue weighted by Gasteiger charge is 1.93. The van der Waals surface area contributed by atoms with Gasteiger partial charge in [-0.3, -0.25) is 0 Å². The molecule has 0 spiro atoms. The zero-order valence-corrected chi connectivity index (χ0v) is 5.91. The van der Waals surface area contributed by atoms with Gasteiger partial charge >= 0.3 is 0 Å². The monoisotopic (exact) mass is 138 g/mol. The first-order valence-electron chi connectivity index (χ1n) is 3.26. The van der Waals surface area contributed by atoms with Crippen LogP contribution in [0.5, 0.6) is 0 Å². The molecule has 54 valence electrons. The summed E-state index contributed by atoms with van der Waals surface area (Å²) in [7, 11) is 0. The molecule has 0 aliphatic rings. The molecule has 0 aromatic carbocycles. The van der Waals surface area contributed by atoms with Gasteiger partial charge in [-0.15, -0.1) is 0 Å². The maximum absolute atomic E-state index is 5.33. The van der Waals surface area contributed by atoms with Crippen molar-refractivity contribution in [3.63, 3.8) is 0 Å². The first-order chi connectivity index (χ1) is 4.83. The highest BCUT2D eigenvalue weighted by atomic mass is 15.1. The van der Waals surface area contributed by atoms with Crippen molar-refractivity contribution in [1.82, 2.24) is 15.0 Å². The van der Waals surface area contributed by atoms with Gasteiger partial charge in [0.05, 0.1) is 0 Å². The highest BCUT2D eigenvalue weighted by Crippen LogP contribution is 1.94. The molecule has 0 fully saturated rings. The van der Waals surface area contributed by atoms with E-state index in [1.807, 2.05) is 0 Å². The van der Waals surface area contributed by atoms with Crippen molar-refractivity contribution in [2.45, 2.75) is 19.8 Å². The molecule has 0 amide bonds. The highest BCUT2D eigenvalue weighted by molar-refractivity contribution is 5.12. The molecule has 1 heterocycles. The Bertz CT molecular complexity index is 211. The fraction of sp³-hybridized carbons (Fsp3) is 0.500. The molecular formula is C6H10N4. The molecule has 0 bridgehead atoms. The average molecular weight is 138 g/mol. The minimum atomic E-state index is 0.304. The molecule has 0 aliphatic carbocycles. The molecule has 2 N–H and O–H groups in total. The van der Waals surface area contributed by atoms with Crippen molar-refractivity contribution in [1.29, 1.82) is 0 Å². The molecule has 0 saturated carbocycles. The Morgan fingerprint density at radius 1 is 1.50 bits per heavy atom. The number of hydrogen-bond acceptors (Lipinski definition) is 4. The van der Waals surface area contributed by atoms with E-state index < -0.39 is 0 Å². The second-order valence-corrected chi connectivity index (χ2v) is 2.01. The van der Waals surface area contributed by atoms with Gasteiger partial charge in [0.15, 0.2) is 0 Å². The number of anilines is 1. The van der Waals surface area contributed by atoms with E-state index in [0.29, 0.717) is 5.95 Å². The van der Waals surface area contributed by atoms with E-state index in [1.54, 1.807) is 0 Å². The average Bonchev–Trinajstić information content (AvgIpc) is 1.88. The zero-order valence-electron chi connectivity index (χ0n) is 5.91. The Kier molecular flexibility index (Phi) is 2.15. The summed E-state index contributed by atoms with van der Waals surface area (Å²) in [6.45, 7) is 2.07. The van der Waals surface area contributed by atoms with Gasteiger partial charge in [-0.2, -0.15) is 4.98 Å². The quantitative estimate of drug-likeness (QED) is 0.642. The van der Waals surface area contributed by atoms with E-state index in [0.717, 1.165) is 18.7 Å². The third kappa shape index (κ3) is 1.65. The van der Waals surface area contributed by atoms with Gasteiger partial charge < -0.3 is 5.73 Å². The van der Waals surface area contributed by atoms with Gasteiger partial charge in [0.2, 0.25) is 5.95 Å². The fourth-order valence-electron chi connectivity index (χ4n) is 0.689. The summed E-state index contributed by atoms with van der Waals surface area (Å²) >= 11 is 0. The minimum absolute atomic E-state index is 0.304. The minimum Gasteiger partial charge on any atom is -0.368 e. The number of rotatable bonds is 2. The normalized spacial score (nSPS) is 9.70. The van der Waals surface area contributed by atoms with E-state index in [1.165, 1.54) is 6.33 Å². The van der Waals surface area contributed by atoms with Crippen LogP contribution in [-0.4, -0.2) is 15.0 Å². The van der Waals surface area contributed by atoms with E-state index >= 15 is 0 Å². The molecule has 0 saturated heterocycles. The molecule has 1 aromatic heterocycles. The van der Waals surface area contributed by atoms with Crippen molar-refractivity contribution < 1.29 is 0 Å². The van der Waals surface area contributed by atoms with E-state index in [9.17, 15) is 0 Å². The predicted octanol–water partition coefficient (Wildman–Crippen LogP) is 0.406. The van der Waals surface area contributed by atoms with Crippen LogP contribution in [0.4, 0.5) is 5.95 Å². The molecule has 4 heteroatoms. The van der Waals surface area contributed by atoms with Crippen molar-refractivity contribution in [2.75, 3.05) is 5.73 Å². The van der Waals surface area contributed by atoms with Crippen LogP contribution < -0.4 is 5.73 Å². The van der Waals surface area contributed by atoms with Crippen molar-refractivity contribution in [3.05, 3.63) is 12.2 Å². The second-order valence-electron chi connectivity index (χ2n) is 2.01. The van der Waals surface area contributed by atoms with E-state index in [-0.39, 0.29) is 0 Å². The lowest BCUT2D eigenvalue weighted by atomic mass is 10.3. The van der Waals surface area contributed by atoms with Gasteiger partial charge in [0.1, 0.15) is 12.2 Å². The molecule has 0 unspecified atom stereocenters. The van der Waals surface area contributed by atoms with Crippen LogP contribution in [0, 0.1) is 0 Å². The third-order valence-corrected chi connectivity index (χ3v) is 1.11. The van der Waals surface area contributed by atoms with Crippen LogP contribution in [0.2, 0.25) is 0 Å². The Hall–Kier alpha value is -1.19. The van der Waals surface area contributed by atoms with Crippen LogP contribution in [0.25, 0.3) is 0 Å². The fourth-order valence-corrected chi connectivity index (χ4v) is 0.689. The Balaban J connectivity index is 2.75. The Morgan fingerprint density at radius 3 is 2.90 bits per heavy atom. The van der Waals surface area contributed by atoms with E-state index in [4.69, 9.17) is 5.73 Å². The Labute approximate surface area is 59.5 Å². The van der Waals surface area contributed by atoms with Gasteiger partial charge in [0, 0.05) is 6.42 Å². The number of nitrogens with two attached hydrogens (primary N) is 1. The van der Waals surface area contributed by atoms with Gasteiger partial charge in [-0.1, -0.05) is 6.92 Å². The van der Waals surface area contributed by atoms with Gasteiger partial charge in [-0.25, -0.2) is 9.97 Å². The molecule has 10 heavy (non-hydrogen) atoms. The molecule has 0 radical (unpaired) electrons. The smallest absolute Gasteiger partial charge is 0.223 e. The summed E-state index contributed by atoms with van der Waals surface area (Å²) in [6.07, 6.45) is 3.34. The Morgan fingerprint density at radius 2 is 2.30 bits per heavy atom. The maximum Gasteiger partial charge on any atom is 0.223 e.